The Morgan fingerprint density at radius 3 is 2.22 bits per heavy atom. The molecule has 5 N–H and O–H groups in total. The number of aromatic amines is 2. The van der Waals surface area contributed by atoms with Gasteiger partial charge in [-0.2, -0.15) is 0 Å². The first-order chi connectivity index (χ1) is 32.8. The number of carbonyl (C=O) groups is 3. The lowest BCUT2D eigenvalue weighted by Gasteiger charge is -2.35. The Hall–Kier alpha value is -6.09. The molecule has 3 aromatic carbocycles. The molecule has 0 spiro atoms. The van der Waals surface area contributed by atoms with Gasteiger partial charge in [0.25, 0.3) is 0 Å². The van der Waals surface area contributed by atoms with Gasteiger partial charge in [-0.25, -0.2) is 14.8 Å². The van der Waals surface area contributed by atoms with Gasteiger partial charge in [-0.15, -0.1) is 0 Å². The number of amides is 3. The Morgan fingerprint density at radius 2 is 1.49 bits per heavy atom. The van der Waals surface area contributed by atoms with Gasteiger partial charge >= 0.3 is 6.09 Å². The lowest BCUT2D eigenvalue weighted by molar-refractivity contribution is -0.138. The van der Waals surface area contributed by atoms with Crippen molar-refractivity contribution in [3.8, 4) is 33.6 Å². The molecule has 5 heterocycles. The van der Waals surface area contributed by atoms with Crippen LogP contribution in [0.3, 0.4) is 0 Å². The molecule has 3 saturated heterocycles. The van der Waals surface area contributed by atoms with E-state index in [1.807, 2.05) is 40.3 Å². The first-order valence-electron chi connectivity index (χ1n) is 24.4. The number of carbonyl (C=O) groups excluding carboxylic acids is 3. The van der Waals surface area contributed by atoms with E-state index in [0.717, 1.165) is 126 Å². The number of imidazole rings is 2. The molecule has 0 bridgehead atoms. The average Bonchev–Trinajstić information content (AvgIpc) is 3.78. The van der Waals surface area contributed by atoms with Gasteiger partial charge in [0.15, 0.2) is 0 Å². The summed E-state index contributed by atoms with van der Waals surface area (Å²) in [5, 5.41) is 19.3. The zero-order chi connectivity index (χ0) is 45.6. The smallest absolute Gasteiger partial charge is 0.407 e. The Balaban J connectivity index is 0.783. The molecule has 3 aliphatic heterocycles. The van der Waals surface area contributed by atoms with E-state index in [1.54, 1.807) is 0 Å². The van der Waals surface area contributed by atoms with Gasteiger partial charge in [-0.3, -0.25) is 14.9 Å². The van der Waals surface area contributed by atoms with E-state index >= 15 is 0 Å². The van der Waals surface area contributed by atoms with Crippen molar-refractivity contribution in [1.29, 1.82) is 0 Å². The second-order valence-corrected chi connectivity index (χ2v) is 19.4. The third-order valence-electron chi connectivity index (χ3n) is 15.2. The van der Waals surface area contributed by atoms with Crippen LogP contribution in [-0.4, -0.2) is 104 Å². The summed E-state index contributed by atoms with van der Waals surface area (Å²) in [6.45, 7) is 2.57. The van der Waals surface area contributed by atoms with Crippen molar-refractivity contribution in [1.82, 2.24) is 40.4 Å². The Kier molecular flexibility index (Phi) is 12.0. The van der Waals surface area contributed by atoms with Crippen LogP contribution >= 0.6 is 0 Å². The van der Waals surface area contributed by atoms with Gasteiger partial charge in [0.05, 0.1) is 42.8 Å². The molecular formula is C53H60N8O6. The number of likely N-dealkylation sites (tertiary alicyclic amines) is 2. The van der Waals surface area contributed by atoms with Gasteiger partial charge < -0.3 is 39.7 Å². The largest absolute Gasteiger partial charge is 0.453 e. The Morgan fingerprint density at radius 1 is 0.791 bits per heavy atom. The van der Waals surface area contributed by atoms with Gasteiger partial charge in [0.1, 0.15) is 23.9 Å². The van der Waals surface area contributed by atoms with E-state index in [1.165, 1.54) is 12.7 Å². The molecule has 14 nitrogen and oxygen atoms in total. The van der Waals surface area contributed by atoms with Gasteiger partial charge in [-0.05, 0) is 122 Å². The molecule has 67 heavy (non-hydrogen) atoms. The van der Waals surface area contributed by atoms with Crippen LogP contribution in [0.15, 0.2) is 85.1 Å². The summed E-state index contributed by atoms with van der Waals surface area (Å²) in [4.78, 5) is 61.9. The normalized spacial score (nSPS) is 22.9. The number of alkyl carbamates (subject to hydrolysis) is 1. The highest BCUT2D eigenvalue weighted by Crippen LogP contribution is 2.41. The summed E-state index contributed by atoms with van der Waals surface area (Å²) in [5.41, 5.74) is 8.72. The number of allylic oxidation sites excluding steroid dienone is 3. The molecule has 3 aliphatic carbocycles. The zero-order valence-corrected chi connectivity index (χ0v) is 38.1. The number of nitrogens with one attached hydrogen (secondary N) is 4. The maximum Gasteiger partial charge on any atom is 0.407 e. The summed E-state index contributed by atoms with van der Waals surface area (Å²) in [6, 6.07) is 18.2. The van der Waals surface area contributed by atoms with E-state index in [2.05, 4.69) is 75.2 Å². The minimum Gasteiger partial charge on any atom is -0.453 e. The van der Waals surface area contributed by atoms with Gasteiger partial charge in [0, 0.05) is 49.0 Å². The lowest BCUT2D eigenvalue weighted by atomic mass is 9.89. The number of aliphatic hydroxyl groups excluding tert-OH is 1. The highest BCUT2D eigenvalue weighted by molar-refractivity contribution is 5.91. The molecule has 348 valence electrons. The number of rotatable bonds is 12. The number of benzene rings is 3. The van der Waals surface area contributed by atoms with Crippen molar-refractivity contribution in [2.24, 2.45) is 17.8 Å². The van der Waals surface area contributed by atoms with Crippen LogP contribution in [0.2, 0.25) is 0 Å². The number of ether oxygens (including phenoxy) is 2. The highest BCUT2D eigenvalue weighted by atomic mass is 16.5. The molecule has 14 heteroatoms. The number of nitrogens with zero attached hydrogens (tertiary/aromatic N) is 4. The van der Waals surface area contributed by atoms with Crippen molar-refractivity contribution in [2.75, 3.05) is 33.4 Å². The third kappa shape index (κ3) is 8.71. The number of aryl methyl sites for hydroxylation is 2. The van der Waals surface area contributed by atoms with Crippen LogP contribution in [0.1, 0.15) is 92.8 Å². The lowest BCUT2D eigenvalue weighted by Crippen LogP contribution is -2.54. The van der Waals surface area contributed by atoms with E-state index in [0.29, 0.717) is 32.7 Å². The summed E-state index contributed by atoms with van der Waals surface area (Å²) in [5.74, 6) is 1.74. The average molecular weight is 905 g/mol. The molecule has 6 atom stereocenters. The van der Waals surface area contributed by atoms with Crippen molar-refractivity contribution in [3.05, 3.63) is 108 Å². The number of aliphatic hydroxyl groups is 1. The summed E-state index contributed by atoms with van der Waals surface area (Å²) >= 11 is 0. The van der Waals surface area contributed by atoms with E-state index in [9.17, 15) is 19.5 Å². The highest BCUT2D eigenvalue weighted by Gasteiger charge is 2.43. The minimum atomic E-state index is -0.738. The van der Waals surface area contributed by atoms with E-state index in [4.69, 9.17) is 19.4 Å². The first kappa shape index (κ1) is 43.5. The predicted molar refractivity (Wildman–Crippen MR) is 254 cm³/mol. The number of aromatic nitrogens is 4. The monoisotopic (exact) mass is 904 g/mol. The van der Waals surface area contributed by atoms with Gasteiger partial charge in [-0.1, -0.05) is 66.8 Å². The number of hydrogen-bond acceptors (Lipinski definition) is 9. The maximum absolute atomic E-state index is 14.4. The first-order valence-corrected chi connectivity index (χ1v) is 24.4. The number of fused-ring (bicyclic) bond motifs is 4. The Labute approximate surface area is 390 Å². The maximum atomic E-state index is 14.4. The number of H-pyrrole nitrogens is 2. The zero-order valence-electron chi connectivity index (χ0n) is 38.1. The number of hydrogen-bond donors (Lipinski definition) is 5. The second kappa shape index (κ2) is 18.5. The minimum absolute atomic E-state index is 0.0729. The fourth-order valence-corrected chi connectivity index (χ4v) is 11.3. The van der Waals surface area contributed by atoms with E-state index < -0.39 is 24.4 Å². The van der Waals surface area contributed by atoms with Crippen molar-refractivity contribution < 1.29 is 29.0 Å². The molecule has 5 aromatic rings. The van der Waals surface area contributed by atoms with E-state index in [-0.39, 0.29) is 41.7 Å². The topological polar surface area (TPSA) is 178 Å². The molecule has 1 saturated carbocycles. The summed E-state index contributed by atoms with van der Waals surface area (Å²) in [7, 11) is 1.31. The van der Waals surface area contributed by atoms with Crippen LogP contribution in [0.4, 0.5) is 4.79 Å². The fourth-order valence-electron chi connectivity index (χ4n) is 11.3. The quantitative estimate of drug-likeness (QED) is 0.0786. The molecule has 6 unspecified atom stereocenters. The third-order valence-corrected chi connectivity index (χ3v) is 15.2. The molecule has 4 fully saturated rings. The fraction of sp³-hybridized carbons (Fsp3) is 0.453. The SMILES string of the molecule is COC(=O)NC(C(=O)N1CCCC1c1ncc(-c2ccc3cc(-c4ccc5c(c4)CCc4[nH]c(C6CCCN6C(=O)C(NC(O)C6CC6)C6CCOCC6)nc4-5)ccc3c2)[nH]1)C1C=CC=CC1. The Bertz CT molecular complexity index is 2730. The van der Waals surface area contributed by atoms with Gasteiger partial charge in [0.2, 0.25) is 11.8 Å². The van der Waals surface area contributed by atoms with Crippen molar-refractivity contribution in [3.63, 3.8) is 0 Å². The standard InChI is InChI=1S/C53H60N8O6/c1-66-53(65)59-46(31-7-3-2-4-8-31)52(64)60-23-5-9-43(60)48-54-30-42(56-48)39-16-15-35-27-34(13-14-36(35)29-39)37-17-19-40-38(28-37)18-20-41-47(40)57-49(55-41)44-10-6-24-61(44)51(63)45(32-21-25-67-26-22-32)58-50(62)33-11-12-33/h2-4,7,13-17,19,27-33,43-46,50,58,62H,5-6,8-12,18,20-26H2,1H3,(H,54,56)(H,55,57)(H,59,65). The van der Waals surface area contributed by atoms with Crippen LogP contribution < -0.4 is 10.6 Å². The molecule has 11 rings (SSSR count). The van der Waals surface area contributed by atoms with Crippen molar-refractivity contribution in [2.45, 2.75) is 101 Å². The summed E-state index contributed by atoms with van der Waals surface area (Å²) < 4.78 is 10.5. The molecule has 3 amide bonds. The summed E-state index contributed by atoms with van der Waals surface area (Å²) in [6.07, 6.45) is 17.9. The number of methoxy groups -OCH3 is 1. The predicted octanol–water partition coefficient (Wildman–Crippen LogP) is 7.68. The molecule has 6 aliphatic rings. The van der Waals surface area contributed by atoms with Crippen LogP contribution in [0, 0.1) is 17.8 Å². The molecular weight excluding hydrogens is 845 g/mol. The molecule has 2 aromatic heterocycles. The molecule has 0 radical (unpaired) electrons. The second-order valence-electron chi connectivity index (χ2n) is 19.4. The van der Waals surface area contributed by atoms with Crippen molar-refractivity contribution >= 4 is 28.7 Å². The van der Waals surface area contributed by atoms with Crippen LogP contribution in [0.25, 0.3) is 44.4 Å². The van der Waals surface area contributed by atoms with Crippen LogP contribution in [-0.2, 0) is 31.9 Å². The van der Waals surface area contributed by atoms with Crippen LogP contribution in [0.5, 0.6) is 0 Å².